The Hall–Kier alpha value is -3.36. The lowest BCUT2D eigenvalue weighted by Crippen LogP contribution is -2.51. The molecule has 7 nitrogen and oxygen atoms in total. The summed E-state index contributed by atoms with van der Waals surface area (Å²) in [5, 5.41) is 2.78. The number of hydrogen-bond donors (Lipinski definition) is 1. The number of nitrogens with zero attached hydrogens (tertiary/aromatic N) is 1. The highest BCUT2D eigenvalue weighted by Crippen LogP contribution is 2.37. The number of carbonyl (C=O) groups is 1. The second kappa shape index (κ2) is 10.1. The van der Waals surface area contributed by atoms with Crippen molar-refractivity contribution < 1.29 is 22.7 Å². The third kappa shape index (κ3) is 5.35. The van der Waals surface area contributed by atoms with Gasteiger partial charge in [-0.1, -0.05) is 54.6 Å². The number of fused-ring (bicyclic) bond motifs is 1. The minimum absolute atomic E-state index is 0.121. The number of nitrogens with one attached hydrogen (secondary N) is 1. The summed E-state index contributed by atoms with van der Waals surface area (Å²) < 4.78 is 39.5. The number of benzene rings is 3. The van der Waals surface area contributed by atoms with Crippen LogP contribution in [0.4, 0.5) is 5.69 Å². The lowest BCUT2D eigenvalue weighted by atomic mass is 10.1. The van der Waals surface area contributed by atoms with E-state index in [9.17, 15) is 13.2 Å². The molecule has 0 aliphatic carbocycles. The van der Waals surface area contributed by atoms with Crippen LogP contribution in [0.5, 0.6) is 5.75 Å². The van der Waals surface area contributed by atoms with Gasteiger partial charge in [-0.05, 0) is 42.3 Å². The summed E-state index contributed by atoms with van der Waals surface area (Å²) in [5.41, 5.74) is 2.37. The Morgan fingerprint density at radius 3 is 2.48 bits per heavy atom. The van der Waals surface area contributed by atoms with Gasteiger partial charge >= 0.3 is 0 Å². The van der Waals surface area contributed by atoms with Crippen molar-refractivity contribution in [3.05, 3.63) is 90.0 Å². The van der Waals surface area contributed by atoms with Gasteiger partial charge in [0, 0.05) is 6.54 Å². The SMILES string of the molecule is Cc1ccc2c(c1)N(S(=O)(=O)c1ccccc1)C[C@@H](C(=O)NCCOCc1ccccc1)O2. The third-order valence-electron chi connectivity index (χ3n) is 5.26. The van der Waals surface area contributed by atoms with Crippen LogP contribution in [0.2, 0.25) is 0 Å². The average Bonchev–Trinajstić information content (AvgIpc) is 2.84. The van der Waals surface area contributed by atoms with Crippen LogP contribution in [0, 0.1) is 6.92 Å². The molecule has 1 atom stereocenters. The van der Waals surface area contributed by atoms with Gasteiger partial charge in [0.15, 0.2) is 6.10 Å². The van der Waals surface area contributed by atoms with Crippen molar-refractivity contribution in [3.63, 3.8) is 0 Å². The van der Waals surface area contributed by atoms with E-state index in [1.165, 1.54) is 4.31 Å². The van der Waals surface area contributed by atoms with E-state index in [1.807, 2.05) is 43.3 Å². The molecule has 0 spiro atoms. The fourth-order valence-electron chi connectivity index (χ4n) is 3.57. The highest BCUT2D eigenvalue weighted by atomic mass is 32.2. The van der Waals surface area contributed by atoms with Gasteiger partial charge < -0.3 is 14.8 Å². The maximum absolute atomic E-state index is 13.4. The van der Waals surface area contributed by atoms with Gasteiger partial charge in [-0.25, -0.2) is 8.42 Å². The molecule has 33 heavy (non-hydrogen) atoms. The number of amides is 1. The van der Waals surface area contributed by atoms with E-state index in [0.29, 0.717) is 24.7 Å². The predicted octanol–water partition coefficient (Wildman–Crippen LogP) is 3.28. The third-order valence-corrected chi connectivity index (χ3v) is 7.06. The average molecular weight is 467 g/mol. The van der Waals surface area contributed by atoms with E-state index in [2.05, 4.69) is 5.32 Å². The minimum atomic E-state index is -3.87. The Labute approximate surface area is 194 Å². The number of aryl methyl sites for hydroxylation is 1. The number of anilines is 1. The molecule has 0 aromatic heterocycles. The molecule has 3 aromatic carbocycles. The molecule has 1 heterocycles. The topological polar surface area (TPSA) is 84.9 Å². The van der Waals surface area contributed by atoms with Crippen LogP contribution in [-0.2, 0) is 26.2 Å². The van der Waals surface area contributed by atoms with E-state index < -0.39 is 22.0 Å². The zero-order valence-electron chi connectivity index (χ0n) is 18.3. The number of carbonyl (C=O) groups excluding carboxylic acids is 1. The summed E-state index contributed by atoms with van der Waals surface area (Å²) in [5.74, 6) is -0.0374. The van der Waals surface area contributed by atoms with Crippen LogP contribution < -0.4 is 14.4 Å². The predicted molar refractivity (Wildman–Crippen MR) is 126 cm³/mol. The highest BCUT2D eigenvalue weighted by Gasteiger charge is 2.37. The standard InChI is InChI=1S/C25H26N2O5S/c1-19-12-13-23-22(16-19)27(33(29,30)21-10-6-3-7-11-21)17-24(32-23)25(28)26-14-15-31-18-20-8-4-2-5-9-20/h2-13,16,24H,14-15,17-18H2,1H3,(H,26,28)/t24-/m0/s1. The maximum atomic E-state index is 13.4. The largest absolute Gasteiger partial charge is 0.476 e. The van der Waals surface area contributed by atoms with Crippen LogP contribution >= 0.6 is 0 Å². The Morgan fingerprint density at radius 2 is 1.76 bits per heavy atom. The first kappa shape index (κ1) is 22.8. The van der Waals surface area contributed by atoms with Crippen molar-refractivity contribution in [2.24, 2.45) is 0 Å². The monoisotopic (exact) mass is 466 g/mol. The first-order chi connectivity index (χ1) is 15.9. The summed E-state index contributed by atoms with van der Waals surface area (Å²) >= 11 is 0. The molecular formula is C25H26N2O5S. The molecule has 0 bridgehead atoms. The smallest absolute Gasteiger partial charge is 0.264 e. The van der Waals surface area contributed by atoms with E-state index >= 15 is 0 Å². The molecule has 1 aliphatic heterocycles. The van der Waals surface area contributed by atoms with Gasteiger partial charge in [-0.3, -0.25) is 9.10 Å². The summed E-state index contributed by atoms with van der Waals surface area (Å²) in [6.45, 7) is 2.82. The Morgan fingerprint density at radius 1 is 1.06 bits per heavy atom. The molecule has 1 amide bonds. The van der Waals surface area contributed by atoms with Gasteiger partial charge in [0.05, 0.1) is 30.3 Å². The molecule has 0 saturated carbocycles. The normalized spacial score (nSPS) is 15.4. The first-order valence-electron chi connectivity index (χ1n) is 10.7. The fourth-order valence-corrected chi connectivity index (χ4v) is 5.06. The van der Waals surface area contributed by atoms with Crippen LogP contribution in [0.3, 0.4) is 0 Å². The van der Waals surface area contributed by atoms with Crippen molar-refractivity contribution in [2.45, 2.75) is 24.5 Å². The van der Waals surface area contributed by atoms with Crippen LogP contribution in [0.25, 0.3) is 0 Å². The summed E-state index contributed by atoms with van der Waals surface area (Å²) in [6, 6.07) is 23.2. The van der Waals surface area contributed by atoms with Crippen LogP contribution in [-0.4, -0.2) is 40.1 Å². The zero-order chi connectivity index (χ0) is 23.3. The lowest BCUT2D eigenvalue weighted by molar-refractivity contribution is -0.128. The molecule has 3 aromatic rings. The van der Waals surface area contributed by atoms with Crippen molar-refractivity contribution in [1.29, 1.82) is 0 Å². The van der Waals surface area contributed by atoms with Crippen molar-refractivity contribution in [2.75, 3.05) is 24.0 Å². The first-order valence-corrected chi connectivity index (χ1v) is 12.1. The lowest BCUT2D eigenvalue weighted by Gasteiger charge is -2.35. The van der Waals surface area contributed by atoms with E-state index in [-0.39, 0.29) is 18.0 Å². The summed E-state index contributed by atoms with van der Waals surface area (Å²) in [6.07, 6.45) is -0.979. The van der Waals surface area contributed by atoms with E-state index in [1.54, 1.807) is 42.5 Å². The van der Waals surface area contributed by atoms with Crippen LogP contribution in [0.15, 0.2) is 83.8 Å². The number of rotatable bonds is 8. The molecule has 0 fully saturated rings. The van der Waals surface area contributed by atoms with Gasteiger partial charge in [-0.2, -0.15) is 0 Å². The quantitative estimate of drug-likeness (QED) is 0.515. The summed E-state index contributed by atoms with van der Waals surface area (Å²) in [4.78, 5) is 13.0. The van der Waals surface area contributed by atoms with Gasteiger partial charge in [-0.15, -0.1) is 0 Å². The van der Waals surface area contributed by atoms with Gasteiger partial charge in [0.1, 0.15) is 5.75 Å². The van der Waals surface area contributed by atoms with Gasteiger partial charge in [0.25, 0.3) is 15.9 Å². The van der Waals surface area contributed by atoms with Crippen molar-refractivity contribution >= 4 is 21.6 Å². The molecule has 172 valence electrons. The van der Waals surface area contributed by atoms with E-state index in [0.717, 1.165) is 11.1 Å². The zero-order valence-corrected chi connectivity index (χ0v) is 19.1. The molecule has 1 aliphatic rings. The number of hydrogen-bond acceptors (Lipinski definition) is 5. The molecule has 0 radical (unpaired) electrons. The Balaban J connectivity index is 1.44. The molecular weight excluding hydrogens is 440 g/mol. The molecule has 4 rings (SSSR count). The molecule has 1 N–H and O–H groups in total. The van der Waals surface area contributed by atoms with Crippen molar-refractivity contribution in [1.82, 2.24) is 5.32 Å². The minimum Gasteiger partial charge on any atom is -0.476 e. The maximum Gasteiger partial charge on any atom is 0.264 e. The second-order valence-corrected chi connectivity index (χ2v) is 9.62. The van der Waals surface area contributed by atoms with E-state index in [4.69, 9.17) is 9.47 Å². The second-order valence-electron chi connectivity index (χ2n) is 7.76. The van der Waals surface area contributed by atoms with Crippen LogP contribution in [0.1, 0.15) is 11.1 Å². The number of ether oxygens (including phenoxy) is 2. The highest BCUT2D eigenvalue weighted by molar-refractivity contribution is 7.92. The molecule has 8 heteroatoms. The molecule has 0 saturated heterocycles. The summed E-state index contributed by atoms with van der Waals surface area (Å²) in [7, 11) is -3.87. The molecule has 0 unspecified atom stereocenters. The Kier molecular flexibility index (Phi) is 6.96. The van der Waals surface area contributed by atoms with Gasteiger partial charge in [0.2, 0.25) is 0 Å². The van der Waals surface area contributed by atoms with Crippen molar-refractivity contribution in [3.8, 4) is 5.75 Å². The fraction of sp³-hybridized carbons (Fsp3) is 0.240. The Bertz CT molecular complexity index is 1200. The number of sulfonamides is 1.